The molecule has 0 aliphatic heterocycles. The Morgan fingerprint density at radius 3 is 2.17 bits per heavy atom. The minimum Gasteiger partial charge on any atom is -0.311 e. The van der Waals surface area contributed by atoms with E-state index in [1.165, 1.54) is 44.9 Å². The molecule has 2 rings (SSSR count). The lowest BCUT2D eigenvalue weighted by Crippen LogP contribution is -2.41. The molecule has 0 bridgehead atoms. The second kappa shape index (κ2) is 3.78. The molecule has 1 unspecified atom stereocenters. The average Bonchev–Trinajstić information content (AvgIpc) is 2.34. The molecule has 0 aromatic rings. The van der Waals surface area contributed by atoms with E-state index in [4.69, 9.17) is 0 Å². The summed E-state index contributed by atoms with van der Waals surface area (Å²) in [5, 5.41) is 3.78. The SMILES string of the molecule is CC(NC1CCCC1)C1CCC1. The van der Waals surface area contributed by atoms with Gasteiger partial charge in [-0.1, -0.05) is 19.3 Å². The minimum absolute atomic E-state index is 0.793. The summed E-state index contributed by atoms with van der Waals surface area (Å²) in [7, 11) is 0. The summed E-state index contributed by atoms with van der Waals surface area (Å²) in [6.45, 7) is 2.38. The molecule has 70 valence electrons. The standard InChI is InChI=1S/C11H21N/c1-9(10-5-4-6-10)12-11-7-2-3-8-11/h9-12H,2-8H2,1H3. The van der Waals surface area contributed by atoms with E-state index >= 15 is 0 Å². The van der Waals surface area contributed by atoms with Crippen molar-refractivity contribution in [3.63, 3.8) is 0 Å². The summed E-state index contributed by atoms with van der Waals surface area (Å²) in [5.74, 6) is 1.01. The molecule has 2 fully saturated rings. The lowest BCUT2D eigenvalue weighted by Gasteiger charge is -2.33. The second-order valence-corrected chi connectivity index (χ2v) is 4.63. The number of hydrogen-bond acceptors (Lipinski definition) is 1. The Morgan fingerprint density at radius 2 is 1.67 bits per heavy atom. The van der Waals surface area contributed by atoms with E-state index in [-0.39, 0.29) is 0 Å². The summed E-state index contributed by atoms with van der Waals surface area (Å²) in [6.07, 6.45) is 10.2. The highest BCUT2D eigenvalue weighted by Crippen LogP contribution is 2.30. The molecule has 1 heteroatoms. The quantitative estimate of drug-likeness (QED) is 0.681. The van der Waals surface area contributed by atoms with Crippen LogP contribution in [-0.2, 0) is 0 Å². The Hall–Kier alpha value is -0.0400. The van der Waals surface area contributed by atoms with E-state index in [1.54, 1.807) is 0 Å². The van der Waals surface area contributed by atoms with E-state index in [9.17, 15) is 0 Å². The van der Waals surface area contributed by atoms with Crippen LogP contribution in [0.1, 0.15) is 51.9 Å². The molecule has 0 amide bonds. The van der Waals surface area contributed by atoms with E-state index in [0.717, 1.165) is 18.0 Å². The van der Waals surface area contributed by atoms with Gasteiger partial charge in [0, 0.05) is 12.1 Å². The molecule has 1 N–H and O–H groups in total. The van der Waals surface area contributed by atoms with Crippen molar-refractivity contribution in [2.45, 2.75) is 64.0 Å². The van der Waals surface area contributed by atoms with E-state index in [0.29, 0.717) is 0 Å². The summed E-state index contributed by atoms with van der Waals surface area (Å²) in [5.41, 5.74) is 0. The molecule has 0 aromatic heterocycles. The third-order valence-electron chi connectivity index (χ3n) is 3.71. The zero-order valence-corrected chi connectivity index (χ0v) is 8.18. The van der Waals surface area contributed by atoms with Gasteiger partial charge in [0.1, 0.15) is 0 Å². The average molecular weight is 167 g/mol. The van der Waals surface area contributed by atoms with E-state index in [1.807, 2.05) is 0 Å². The fourth-order valence-corrected chi connectivity index (χ4v) is 2.54. The Kier molecular flexibility index (Phi) is 2.69. The number of hydrogen-bond donors (Lipinski definition) is 1. The maximum absolute atomic E-state index is 3.78. The van der Waals surface area contributed by atoms with Crippen LogP contribution < -0.4 is 5.32 Å². The lowest BCUT2D eigenvalue weighted by atomic mass is 9.80. The molecular weight excluding hydrogens is 146 g/mol. The van der Waals surface area contributed by atoms with Crippen LogP contribution in [0.3, 0.4) is 0 Å². The third-order valence-corrected chi connectivity index (χ3v) is 3.71. The monoisotopic (exact) mass is 167 g/mol. The summed E-state index contributed by atoms with van der Waals surface area (Å²) in [4.78, 5) is 0. The molecule has 0 radical (unpaired) electrons. The highest BCUT2D eigenvalue weighted by Gasteiger charge is 2.26. The normalized spacial score (nSPS) is 28.8. The molecule has 2 saturated carbocycles. The Bertz CT molecular complexity index is 134. The van der Waals surface area contributed by atoms with Gasteiger partial charge in [-0.3, -0.25) is 0 Å². The van der Waals surface area contributed by atoms with Gasteiger partial charge in [0.25, 0.3) is 0 Å². The fourth-order valence-electron chi connectivity index (χ4n) is 2.54. The topological polar surface area (TPSA) is 12.0 Å². The van der Waals surface area contributed by atoms with Crippen LogP contribution in [0.4, 0.5) is 0 Å². The Labute approximate surface area is 75.9 Å². The number of nitrogens with one attached hydrogen (secondary N) is 1. The van der Waals surface area contributed by atoms with Crippen LogP contribution >= 0.6 is 0 Å². The van der Waals surface area contributed by atoms with Crippen LogP contribution in [-0.4, -0.2) is 12.1 Å². The molecule has 1 atom stereocenters. The summed E-state index contributed by atoms with van der Waals surface area (Å²) < 4.78 is 0. The van der Waals surface area contributed by atoms with Gasteiger partial charge in [-0.2, -0.15) is 0 Å². The summed E-state index contributed by atoms with van der Waals surface area (Å²) in [6, 6.07) is 1.66. The van der Waals surface area contributed by atoms with Gasteiger partial charge < -0.3 is 5.32 Å². The molecule has 0 aromatic carbocycles. The molecule has 0 saturated heterocycles. The predicted octanol–water partition coefficient (Wildman–Crippen LogP) is 2.71. The second-order valence-electron chi connectivity index (χ2n) is 4.63. The zero-order valence-electron chi connectivity index (χ0n) is 8.18. The van der Waals surface area contributed by atoms with E-state index < -0.39 is 0 Å². The molecule has 2 aliphatic carbocycles. The molecule has 2 aliphatic rings. The van der Waals surface area contributed by atoms with Gasteiger partial charge in [-0.05, 0) is 38.5 Å². The maximum atomic E-state index is 3.78. The predicted molar refractivity (Wildman–Crippen MR) is 52.2 cm³/mol. The molecule has 1 nitrogen and oxygen atoms in total. The smallest absolute Gasteiger partial charge is 0.00696 e. The van der Waals surface area contributed by atoms with Crippen molar-refractivity contribution in [1.29, 1.82) is 0 Å². The van der Waals surface area contributed by atoms with Gasteiger partial charge in [0.15, 0.2) is 0 Å². The highest BCUT2D eigenvalue weighted by molar-refractivity contribution is 4.84. The van der Waals surface area contributed by atoms with Crippen molar-refractivity contribution in [1.82, 2.24) is 5.32 Å². The van der Waals surface area contributed by atoms with Crippen LogP contribution in [0.2, 0.25) is 0 Å². The molecular formula is C11H21N. The van der Waals surface area contributed by atoms with Gasteiger partial charge in [-0.15, -0.1) is 0 Å². The van der Waals surface area contributed by atoms with Crippen molar-refractivity contribution in [3.05, 3.63) is 0 Å². The first-order valence-corrected chi connectivity index (χ1v) is 5.62. The largest absolute Gasteiger partial charge is 0.311 e. The number of rotatable bonds is 3. The van der Waals surface area contributed by atoms with Crippen molar-refractivity contribution in [2.24, 2.45) is 5.92 Å². The van der Waals surface area contributed by atoms with Crippen LogP contribution in [0.15, 0.2) is 0 Å². The van der Waals surface area contributed by atoms with Gasteiger partial charge in [-0.25, -0.2) is 0 Å². The van der Waals surface area contributed by atoms with Crippen molar-refractivity contribution in [3.8, 4) is 0 Å². The van der Waals surface area contributed by atoms with Crippen LogP contribution in [0.25, 0.3) is 0 Å². The zero-order chi connectivity index (χ0) is 8.39. The van der Waals surface area contributed by atoms with Crippen molar-refractivity contribution in [2.75, 3.05) is 0 Å². The summed E-state index contributed by atoms with van der Waals surface area (Å²) >= 11 is 0. The minimum atomic E-state index is 0.793. The lowest BCUT2D eigenvalue weighted by molar-refractivity contribution is 0.227. The molecule has 0 heterocycles. The van der Waals surface area contributed by atoms with E-state index in [2.05, 4.69) is 12.2 Å². The highest BCUT2D eigenvalue weighted by atomic mass is 15.0. The van der Waals surface area contributed by atoms with Crippen LogP contribution in [0, 0.1) is 5.92 Å². The Morgan fingerprint density at radius 1 is 1.00 bits per heavy atom. The first-order valence-electron chi connectivity index (χ1n) is 5.62. The van der Waals surface area contributed by atoms with Crippen LogP contribution in [0.5, 0.6) is 0 Å². The van der Waals surface area contributed by atoms with Gasteiger partial charge >= 0.3 is 0 Å². The molecule has 0 spiro atoms. The first-order chi connectivity index (χ1) is 5.86. The van der Waals surface area contributed by atoms with Crippen molar-refractivity contribution < 1.29 is 0 Å². The van der Waals surface area contributed by atoms with Crippen molar-refractivity contribution >= 4 is 0 Å². The molecule has 12 heavy (non-hydrogen) atoms. The fraction of sp³-hybridized carbons (Fsp3) is 1.00. The van der Waals surface area contributed by atoms with Gasteiger partial charge in [0.05, 0.1) is 0 Å². The maximum Gasteiger partial charge on any atom is 0.00696 e. The van der Waals surface area contributed by atoms with Gasteiger partial charge in [0.2, 0.25) is 0 Å². The Balaban J connectivity index is 1.69. The third kappa shape index (κ3) is 1.82. The first kappa shape index (κ1) is 8.55.